The van der Waals surface area contributed by atoms with Crippen LogP contribution in [-0.2, 0) is 9.53 Å². The number of carbonyl (C=O) groups is 3. The van der Waals surface area contributed by atoms with Gasteiger partial charge in [0.05, 0.1) is 23.8 Å². The normalized spacial score (nSPS) is 16.5. The number of nitrogens with one attached hydrogen (secondary N) is 1. The number of imide groups is 1. The molecular weight excluding hydrogens is 484 g/mol. The van der Waals surface area contributed by atoms with Gasteiger partial charge in [0.1, 0.15) is 17.2 Å². The maximum Gasteiger partial charge on any atom is 0.262 e. The molecule has 8 nitrogen and oxygen atoms in total. The van der Waals surface area contributed by atoms with Crippen molar-refractivity contribution in [2.75, 3.05) is 25.1 Å². The molecule has 8 heteroatoms. The molecule has 2 heterocycles. The van der Waals surface area contributed by atoms with E-state index in [-0.39, 0.29) is 37.0 Å². The first-order chi connectivity index (χ1) is 18.3. The molecule has 3 aromatic rings. The number of nitrogens with zero attached hydrogens (tertiary/aromatic N) is 1. The summed E-state index contributed by atoms with van der Waals surface area (Å²) in [7, 11) is 0. The number of benzene rings is 3. The van der Waals surface area contributed by atoms with Gasteiger partial charge in [-0.3, -0.25) is 19.3 Å². The summed E-state index contributed by atoms with van der Waals surface area (Å²) >= 11 is 0. The molecule has 0 spiro atoms. The van der Waals surface area contributed by atoms with Crippen LogP contribution < -0.4 is 14.8 Å². The van der Waals surface area contributed by atoms with Crippen LogP contribution in [0, 0.1) is 20.8 Å². The number of amides is 3. The minimum absolute atomic E-state index is 0.102. The SMILES string of the molecule is Cc1cc(C)c(OCC(=O)Nc2ccc(Oc3ccc4c(c3)C(=O)N(CC3CCCO3)C4=O)cc2)cc1C. The molecule has 0 aromatic heterocycles. The topological polar surface area (TPSA) is 94.2 Å². The van der Waals surface area contributed by atoms with Crippen LogP contribution in [0.1, 0.15) is 50.2 Å². The van der Waals surface area contributed by atoms with Crippen LogP contribution in [0.25, 0.3) is 0 Å². The van der Waals surface area contributed by atoms with Crippen molar-refractivity contribution in [2.24, 2.45) is 0 Å². The van der Waals surface area contributed by atoms with E-state index in [0.29, 0.717) is 40.7 Å². The predicted molar refractivity (Wildman–Crippen MR) is 142 cm³/mol. The largest absolute Gasteiger partial charge is 0.483 e. The second kappa shape index (κ2) is 10.7. The quantitative estimate of drug-likeness (QED) is 0.416. The molecule has 1 N–H and O–H groups in total. The van der Waals surface area contributed by atoms with Crippen LogP contribution in [-0.4, -0.2) is 48.5 Å². The third-order valence-corrected chi connectivity index (χ3v) is 6.88. The van der Waals surface area contributed by atoms with Crippen molar-refractivity contribution in [1.82, 2.24) is 4.90 Å². The van der Waals surface area contributed by atoms with Gasteiger partial charge in [-0.05, 0) is 98.8 Å². The molecule has 0 bridgehead atoms. The number of aryl methyl sites for hydroxylation is 3. The van der Waals surface area contributed by atoms with Crippen LogP contribution in [0.5, 0.6) is 17.2 Å². The fourth-order valence-electron chi connectivity index (χ4n) is 4.66. The van der Waals surface area contributed by atoms with Gasteiger partial charge in [0.25, 0.3) is 17.7 Å². The Morgan fingerprint density at radius 3 is 2.37 bits per heavy atom. The standard InChI is InChI=1S/C30H30N2O6/c1-18-13-20(3)27(14-19(18)2)37-17-28(33)31-21-6-8-22(9-7-21)38-23-10-11-25-26(15-23)30(35)32(29(25)34)16-24-5-4-12-36-24/h6-11,13-15,24H,4-5,12,16-17H2,1-3H3,(H,31,33). The highest BCUT2D eigenvalue weighted by Crippen LogP contribution is 2.31. The molecule has 1 unspecified atom stereocenters. The Hall–Kier alpha value is -4.17. The first-order valence-electron chi connectivity index (χ1n) is 12.7. The second-order valence-corrected chi connectivity index (χ2v) is 9.73. The minimum atomic E-state index is -0.331. The van der Waals surface area contributed by atoms with Gasteiger partial charge in [-0.1, -0.05) is 6.07 Å². The Labute approximate surface area is 221 Å². The molecule has 2 aliphatic heterocycles. The maximum absolute atomic E-state index is 12.9. The van der Waals surface area contributed by atoms with Crippen molar-refractivity contribution < 1.29 is 28.6 Å². The average molecular weight is 515 g/mol. The fraction of sp³-hybridized carbons (Fsp3) is 0.300. The first kappa shape index (κ1) is 25.5. The highest BCUT2D eigenvalue weighted by molar-refractivity contribution is 6.21. The van der Waals surface area contributed by atoms with Gasteiger partial charge < -0.3 is 19.5 Å². The predicted octanol–water partition coefficient (Wildman–Crippen LogP) is 5.20. The van der Waals surface area contributed by atoms with Crippen molar-refractivity contribution in [3.8, 4) is 17.2 Å². The number of hydrogen-bond donors (Lipinski definition) is 1. The molecule has 0 radical (unpaired) electrons. The van der Waals surface area contributed by atoms with Gasteiger partial charge in [0.2, 0.25) is 0 Å². The zero-order valence-corrected chi connectivity index (χ0v) is 21.7. The van der Waals surface area contributed by atoms with Crippen LogP contribution >= 0.6 is 0 Å². The van der Waals surface area contributed by atoms with Crippen molar-refractivity contribution in [3.63, 3.8) is 0 Å². The molecule has 2 aliphatic rings. The molecule has 196 valence electrons. The van der Waals surface area contributed by atoms with E-state index in [0.717, 1.165) is 24.0 Å². The van der Waals surface area contributed by atoms with Crippen molar-refractivity contribution in [2.45, 2.75) is 39.7 Å². The fourth-order valence-corrected chi connectivity index (χ4v) is 4.66. The lowest BCUT2D eigenvalue weighted by Crippen LogP contribution is -2.36. The van der Waals surface area contributed by atoms with Crippen LogP contribution in [0.3, 0.4) is 0 Å². The Kier molecular flexibility index (Phi) is 7.15. The smallest absolute Gasteiger partial charge is 0.262 e. The molecule has 1 saturated heterocycles. The van der Waals surface area contributed by atoms with Gasteiger partial charge in [0, 0.05) is 12.3 Å². The summed E-state index contributed by atoms with van der Waals surface area (Å²) in [5, 5.41) is 2.81. The van der Waals surface area contributed by atoms with E-state index < -0.39 is 0 Å². The monoisotopic (exact) mass is 514 g/mol. The summed E-state index contributed by atoms with van der Waals surface area (Å²) in [6, 6.07) is 15.7. The molecular formula is C30H30N2O6. The number of carbonyl (C=O) groups excluding carboxylic acids is 3. The number of anilines is 1. The molecule has 0 saturated carbocycles. The average Bonchev–Trinajstić information content (AvgIpc) is 3.49. The summed E-state index contributed by atoms with van der Waals surface area (Å²) in [4.78, 5) is 39.3. The van der Waals surface area contributed by atoms with Crippen LogP contribution in [0.2, 0.25) is 0 Å². The highest BCUT2D eigenvalue weighted by Gasteiger charge is 2.37. The molecule has 3 aromatic carbocycles. The summed E-state index contributed by atoms with van der Waals surface area (Å²) in [6.07, 6.45) is 1.68. The molecule has 0 aliphatic carbocycles. The van der Waals surface area contributed by atoms with Gasteiger partial charge in [0.15, 0.2) is 6.61 Å². The number of hydrogen-bond acceptors (Lipinski definition) is 6. The summed E-state index contributed by atoms with van der Waals surface area (Å²) < 4.78 is 17.2. The molecule has 38 heavy (non-hydrogen) atoms. The lowest BCUT2D eigenvalue weighted by molar-refractivity contribution is -0.118. The Balaban J connectivity index is 1.17. The van der Waals surface area contributed by atoms with E-state index >= 15 is 0 Å². The van der Waals surface area contributed by atoms with Crippen LogP contribution in [0.4, 0.5) is 5.69 Å². The van der Waals surface area contributed by atoms with Crippen molar-refractivity contribution in [3.05, 3.63) is 82.4 Å². The van der Waals surface area contributed by atoms with E-state index in [1.807, 2.05) is 32.9 Å². The Morgan fingerprint density at radius 1 is 0.921 bits per heavy atom. The Bertz CT molecular complexity index is 1390. The molecule has 5 rings (SSSR count). The first-order valence-corrected chi connectivity index (χ1v) is 12.7. The molecule has 1 fully saturated rings. The third-order valence-electron chi connectivity index (χ3n) is 6.88. The van der Waals surface area contributed by atoms with E-state index in [4.69, 9.17) is 14.2 Å². The second-order valence-electron chi connectivity index (χ2n) is 9.73. The van der Waals surface area contributed by atoms with Gasteiger partial charge in [-0.25, -0.2) is 0 Å². The molecule has 1 atom stereocenters. The van der Waals surface area contributed by atoms with E-state index in [9.17, 15) is 14.4 Å². The third kappa shape index (κ3) is 5.40. The van der Waals surface area contributed by atoms with Gasteiger partial charge in [-0.15, -0.1) is 0 Å². The Morgan fingerprint density at radius 2 is 1.63 bits per heavy atom. The van der Waals surface area contributed by atoms with E-state index in [2.05, 4.69) is 5.32 Å². The van der Waals surface area contributed by atoms with Gasteiger partial charge >= 0.3 is 0 Å². The summed E-state index contributed by atoms with van der Waals surface area (Å²) in [6.45, 7) is 6.83. The zero-order valence-electron chi connectivity index (χ0n) is 21.7. The van der Waals surface area contributed by atoms with Crippen molar-refractivity contribution in [1.29, 1.82) is 0 Å². The summed E-state index contributed by atoms with van der Waals surface area (Å²) in [5.41, 5.74) is 4.57. The lowest BCUT2D eigenvalue weighted by Gasteiger charge is -2.17. The van der Waals surface area contributed by atoms with E-state index in [1.165, 1.54) is 10.5 Å². The minimum Gasteiger partial charge on any atom is -0.483 e. The summed E-state index contributed by atoms with van der Waals surface area (Å²) in [5.74, 6) is 0.754. The van der Waals surface area contributed by atoms with Gasteiger partial charge in [-0.2, -0.15) is 0 Å². The maximum atomic E-state index is 12.9. The number of rotatable bonds is 8. The van der Waals surface area contributed by atoms with Crippen molar-refractivity contribution >= 4 is 23.4 Å². The number of ether oxygens (including phenoxy) is 3. The lowest BCUT2D eigenvalue weighted by atomic mass is 10.1. The molecule has 3 amide bonds. The van der Waals surface area contributed by atoms with Crippen LogP contribution in [0.15, 0.2) is 54.6 Å². The number of fused-ring (bicyclic) bond motifs is 1. The van der Waals surface area contributed by atoms with E-state index in [1.54, 1.807) is 42.5 Å². The highest BCUT2D eigenvalue weighted by atomic mass is 16.5. The zero-order chi connectivity index (χ0) is 26.8.